The second-order valence-electron chi connectivity index (χ2n) is 4.46. The number of hydrogen-bond donors (Lipinski definition) is 0. The van der Waals surface area contributed by atoms with Crippen LogP contribution in [0.25, 0.3) is 0 Å². The van der Waals surface area contributed by atoms with Crippen molar-refractivity contribution in [2.75, 3.05) is 7.11 Å². The topological polar surface area (TPSA) is 61.8 Å². The Morgan fingerprint density at radius 3 is 2.36 bits per heavy atom. The van der Waals surface area contributed by atoms with E-state index in [2.05, 4.69) is 0 Å². The fourth-order valence-corrected chi connectivity index (χ4v) is 1.96. The second kappa shape index (κ2) is 7.26. The molecule has 0 amide bonds. The van der Waals surface area contributed by atoms with E-state index < -0.39 is 5.97 Å². The van der Waals surface area contributed by atoms with Crippen LogP contribution in [-0.4, -0.2) is 19.6 Å². The third-order valence-electron chi connectivity index (χ3n) is 3.12. The Morgan fingerprint density at radius 1 is 1.09 bits per heavy atom. The van der Waals surface area contributed by atoms with Crippen LogP contribution in [-0.2, 0) is 11.2 Å². The van der Waals surface area contributed by atoms with Gasteiger partial charge in [0.05, 0.1) is 12.7 Å². The second-order valence-corrected chi connectivity index (χ2v) is 4.46. The van der Waals surface area contributed by atoms with Gasteiger partial charge in [0, 0.05) is 0 Å². The summed E-state index contributed by atoms with van der Waals surface area (Å²) in [7, 11) is 1.56. The number of methoxy groups -OCH3 is 1. The first-order valence-electron chi connectivity index (χ1n) is 6.77. The molecule has 0 fully saturated rings. The number of ether oxygens (including phenoxy) is 3. The Morgan fingerprint density at radius 2 is 1.77 bits per heavy atom. The Balaban J connectivity index is 2.15. The Labute approximate surface area is 128 Å². The largest absolute Gasteiger partial charge is 0.497 e. The number of carbonyl (C=O) groups excluding carboxylic acids is 2. The molecule has 0 radical (unpaired) electrons. The average molecular weight is 300 g/mol. The molecule has 0 atom stereocenters. The van der Waals surface area contributed by atoms with Gasteiger partial charge in [0.2, 0.25) is 0 Å². The molecule has 0 heterocycles. The third-order valence-corrected chi connectivity index (χ3v) is 3.12. The van der Waals surface area contributed by atoms with Crippen LogP contribution in [0, 0.1) is 0 Å². The van der Waals surface area contributed by atoms with Gasteiger partial charge in [-0.3, -0.25) is 4.79 Å². The SMILES string of the molecule is CCc1cc(OC(=O)c2ccc(OC)cc2)ccc1OC=O. The van der Waals surface area contributed by atoms with Gasteiger partial charge in [0.1, 0.15) is 17.2 Å². The number of aryl methyl sites for hydroxylation is 1. The lowest BCUT2D eigenvalue weighted by atomic mass is 10.1. The van der Waals surface area contributed by atoms with Crippen LogP contribution in [0.15, 0.2) is 42.5 Å². The van der Waals surface area contributed by atoms with Gasteiger partial charge in [0.15, 0.2) is 0 Å². The highest BCUT2D eigenvalue weighted by atomic mass is 16.5. The maximum atomic E-state index is 12.1. The van der Waals surface area contributed by atoms with Crippen molar-refractivity contribution in [1.82, 2.24) is 0 Å². The Hall–Kier alpha value is -2.82. The maximum absolute atomic E-state index is 12.1. The number of benzene rings is 2. The molecule has 0 aliphatic rings. The average Bonchev–Trinajstić information content (AvgIpc) is 2.56. The molecule has 2 aromatic rings. The van der Waals surface area contributed by atoms with Crippen molar-refractivity contribution in [2.45, 2.75) is 13.3 Å². The van der Waals surface area contributed by atoms with E-state index in [0.717, 1.165) is 5.56 Å². The van der Waals surface area contributed by atoms with E-state index in [4.69, 9.17) is 14.2 Å². The number of esters is 1. The molecule has 0 saturated heterocycles. The summed E-state index contributed by atoms with van der Waals surface area (Å²) in [4.78, 5) is 22.5. The van der Waals surface area contributed by atoms with Crippen LogP contribution in [0.4, 0.5) is 0 Å². The molecule has 22 heavy (non-hydrogen) atoms. The molecule has 5 heteroatoms. The summed E-state index contributed by atoms with van der Waals surface area (Å²) in [5.41, 5.74) is 1.21. The van der Waals surface area contributed by atoms with Gasteiger partial charge in [-0.2, -0.15) is 0 Å². The van der Waals surface area contributed by atoms with Gasteiger partial charge in [0.25, 0.3) is 6.47 Å². The van der Waals surface area contributed by atoms with Crippen LogP contribution in [0.3, 0.4) is 0 Å². The van der Waals surface area contributed by atoms with E-state index in [9.17, 15) is 9.59 Å². The molecule has 0 saturated carbocycles. The fraction of sp³-hybridized carbons (Fsp3) is 0.176. The number of carbonyl (C=O) groups is 2. The van der Waals surface area contributed by atoms with E-state index in [1.165, 1.54) is 0 Å². The molecular weight excluding hydrogens is 284 g/mol. The van der Waals surface area contributed by atoms with Crippen molar-refractivity contribution in [3.63, 3.8) is 0 Å². The minimum atomic E-state index is -0.464. The van der Waals surface area contributed by atoms with Gasteiger partial charge in [-0.05, 0) is 54.4 Å². The first-order valence-corrected chi connectivity index (χ1v) is 6.77. The lowest BCUT2D eigenvalue weighted by Crippen LogP contribution is -2.08. The molecular formula is C17H16O5. The van der Waals surface area contributed by atoms with Gasteiger partial charge in [-0.1, -0.05) is 6.92 Å². The number of rotatable bonds is 6. The van der Waals surface area contributed by atoms with Crippen molar-refractivity contribution in [1.29, 1.82) is 0 Å². The summed E-state index contributed by atoms with van der Waals surface area (Å²) in [5.74, 6) is 1.06. The van der Waals surface area contributed by atoms with E-state index in [1.807, 2.05) is 6.92 Å². The van der Waals surface area contributed by atoms with Gasteiger partial charge < -0.3 is 14.2 Å². The van der Waals surface area contributed by atoms with E-state index >= 15 is 0 Å². The first-order chi connectivity index (χ1) is 10.7. The molecule has 0 aliphatic carbocycles. The standard InChI is InChI=1S/C17H16O5/c1-3-12-10-15(8-9-16(12)21-11-18)22-17(19)13-4-6-14(20-2)7-5-13/h4-11H,3H2,1-2H3. The van der Waals surface area contributed by atoms with Crippen molar-refractivity contribution < 1.29 is 23.8 Å². The van der Waals surface area contributed by atoms with Gasteiger partial charge >= 0.3 is 5.97 Å². The van der Waals surface area contributed by atoms with Crippen molar-refractivity contribution in [3.8, 4) is 17.2 Å². The molecule has 0 unspecified atom stereocenters. The van der Waals surface area contributed by atoms with Crippen LogP contribution in [0.5, 0.6) is 17.2 Å². The molecule has 0 bridgehead atoms. The maximum Gasteiger partial charge on any atom is 0.343 e. The first kappa shape index (κ1) is 15.6. The zero-order valence-corrected chi connectivity index (χ0v) is 12.4. The van der Waals surface area contributed by atoms with Crippen LogP contribution < -0.4 is 14.2 Å². The highest BCUT2D eigenvalue weighted by molar-refractivity contribution is 5.91. The number of hydrogen-bond acceptors (Lipinski definition) is 5. The highest BCUT2D eigenvalue weighted by Crippen LogP contribution is 2.25. The van der Waals surface area contributed by atoms with Crippen molar-refractivity contribution >= 4 is 12.4 Å². The molecule has 2 rings (SSSR count). The van der Waals surface area contributed by atoms with Gasteiger partial charge in [-0.15, -0.1) is 0 Å². The Bertz CT molecular complexity index is 661. The van der Waals surface area contributed by atoms with Crippen LogP contribution in [0.2, 0.25) is 0 Å². The Kier molecular flexibility index (Phi) is 5.14. The molecule has 0 N–H and O–H groups in total. The van der Waals surface area contributed by atoms with Gasteiger partial charge in [-0.25, -0.2) is 4.79 Å². The minimum absolute atomic E-state index is 0.373. The molecule has 0 spiro atoms. The summed E-state index contributed by atoms with van der Waals surface area (Å²) in [6.07, 6.45) is 0.650. The van der Waals surface area contributed by atoms with E-state index in [1.54, 1.807) is 49.6 Å². The molecule has 0 aliphatic heterocycles. The summed E-state index contributed by atoms with van der Waals surface area (Å²) >= 11 is 0. The quantitative estimate of drug-likeness (QED) is 0.466. The molecule has 114 valence electrons. The smallest absolute Gasteiger partial charge is 0.343 e. The predicted octanol–water partition coefficient (Wildman–Crippen LogP) is 3.01. The summed E-state index contributed by atoms with van der Waals surface area (Å²) in [6.45, 7) is 2.29. The van der Waals surface area contributed by atoms with Crippen LogP contribution in [0.1, 0.15) is 22.8 Å². The van der Waals surface area contributed by atoms with Crippen molar-refractivity contribution in [3.05, 3.63) is 53.6 Å². The third kappa shape index (κ3) is 3.63. The summed E-state index contributed by atoms with van der Waals surface area (Å²) in [5, 5.41) is 0. The monoisotopic (exact) mass is 300 g/mol. The predicted molar refractivity (Wildman–Crippen MR) is 80.5 cm³/mol. The zero-order chi connectivity index (χ0) is 15.9. The summed E-state index contributed by atoms with van der Waals surface area (Å²) < 4.78 is 15.2. The normalized spacial score (nSPS) is 9.91. The lowest BCUT2D eigenvalue weighted by Gasteiger charge is -2.09. The molecule has 0 aromatic heterocycles. The van der Waals surface area contributed by atoms with E-state index in [0.29, 0.717) is 35.7 Å². The zero-order valence-electron chi connectivity index (χ0n) is 12.4. The summed E-state index contributed by atoms with van der Waals surface area (Å²) in [6, 6.07) is 11.5. The van der Waals surface area contributed by atoms with Crippen LogP contribution >= 0.6 is 0 Å². The molecule has 5 nitrogen and oxygen atoms in total. The van der Waals surface area contributed by atoms with E-state index in [-0.39, 0.29) is 0 Å². The highest BCUT2D eigenvalue weighted by Gasteiger charge is 2.11. The van der Waals surface area contributed by atoms with Crippen molar-refractivity contribution in [2.24, 2.45) is 0 Å². The molecule has 2 aromatic carbocycles. The minimum Gasteiger partial charge on any atom is -0.497 e. The fourth-order valence-electron chi connectivity index (χ4n) is 1.96. The lowest BCUT2D eigenvalue weighted by molar-refractivity contribution is -0.120.